The van der Waals surface area contributed by atoms with Crippen LogP contribution in [-0.2, 0) is 6.54 Å². The van der Waals surface area contributed by atoms with E-state index < -0.39 is 0 Å². The second-order valence-electron chi connectivity index (χ2n) is 5.74. The minimum Gasteiger partial charge on any atom is -0.312 e. The molecular formula is C16H15ClN2O. The van der Waals surface area contributed by atoms with E-state index >= 15 is 0 Å². The van der Waals surface area contributed by atoms with Crippen LogP contribution in [0.1, 0.15) is 25.0 Å². The number of aromatic nitrogens is 1. The van der Waals surface area contributed by atoms with Crippen LogP contribution < -0.4 is 5.56 Å². The van der Waals surface area contributed by atoms with Gasteiger partial charge in [0.25, 0.3) is 5.56 Å². The smallest absolute Gasteiger partial charge is 0.258 e. The molecule has 102 valence electrons. The molecule has 1 aromatic heterocycles. The molecule has 1 fully saturated rings. The Morgan fingerprint density at radius 1 is 1.40 bits per heavy atom. The maximum Gasteiger partial charge on any atom is 0.258 e. The van der Waals surface area contributed by atoms with E-state index in [1.165, 1.54) is 0 Å². The summed E-state index contributed by atoms with van der Waals surface area (Å²) in [5.74, 6) is 0. The minimum absolute atomic E-state index is 0.00767. The lowest BCUT2D eigenvalue weighted by Gasteiger charge is -2.17. The van der Waals surface area contributed by atoms with Crippen LogP contribution in [0.4, 0.5) is 0 Å². The summed E-state index contributed by atoms with van der Waals surface area (Å²) in [5.41, 5.74) is 0.941. The molecule has 3 rings (SSSR count). The molecule has 20 heavy (non-hydrogen) atoms. The van der Waals surface area contributed by atoms with Crippen molar-refractivity contribution in [1.29, 1.82) is 5.26 Å². The SMILES string of the molecule is Cc1cc2ccc(Cl)cc2c(=O)n1CC1(CC#N)CC1. The lowest BCUT2D eigenvalue weighted by Crippen LogP contribution is -2.26. The summed E-state index contributed by atoms with van der Waals surface area (Å²) in [5, 5.41) is 11.0. The van der Waals surface area contributed by atoms with Gasteiger partial charge in [0, 0.05) is 34.5 Å². The molecule has 0 unspecified atom stereocenters. The Kier molecular flexibility index (Phi) is 3.07. The minimum atomic E-state index is -0.00767. The molecule has 3 nitrogen and oxygen atoms in total. The van der Waals surface area contributed by atoms with Crippen LogP contribution in [0, 0.1) is 23.7 Å². The zero-order valence-corrected chi connectivity index (χ0v) is 12.1. The molecular weight excluding hydrogens is 272 g/mol. The number of rotatable bonds is 3. The van der Waals surface area contributed by atoms with Gasteiger partial charge in [0.15, 0.2) is 0 Å². The highest BCUT2D eigenvalue weighted by Gasteiger charge is 2.43. The van der Waals surface area contributed by atoms with Gasteiger partial charge in [-0.15, -0.1) is 0 Å². The molecule has 0 amide bonds. The molecule has 1 heterocycles. The zero-order chi connectivity index (χ0) is 14.3. The standard InChI is InChI=1S/C16H15ClN2O/c1-11-8-12-2-3-13(17)9-14(12)15(20)19(11)10-16(4-5-16)6-7-18/h2-3,8-9H,4-6,10H2,1H3. The molecule has 1 aromatic carbocycles. The number of pyridine rings is 1. The van der Waals surface area contributed by atoms with Crippen molar-refractivity contribution >= 4 is 22.4 Å². The Hall–Kier alpha value is -1.79. The highest BCUT2D eigenvalue weighted by Crippen LogP contribution is 2.49. The quantitative estimate of drug-likeness (QED) is 0.864. The molecule has 0 atom stereocenters. The van der Waals surface area contributed by atoms with Gasteiger partial charge in [0.1, 0.15) is 0 Å². The third-order valence-electron chi connectivity index (χ3n) is 4.19. The Morgan fingerprint density at radius 3 is 2.80 bits per heavy atom. The van der Waals surface area contributed by atoms with Crippen molar-refractivity contribution in [2.45, 2.75) is 32.7 Å². The van der Waals surface area contributed by atoms with Gasteiger partial charge in [-0.1, -0.05) is 17.7 Å². The van der Waals surface area contributed by atoms with Crippen LogP contribution in [0.2, 0.25) is 5.02 Å². The topological polar surface area (TPSA) is 45.8 Å². The van der Waals surface area contributed by atoms with E-state index in [1.807, 2.05) is 19.1 Å². The molecule has 0 radical (unpaired) electrons. The largest absolute Gasteiger partial charge is 0.312 e. The van der Waals surface area contributed by atoms with Gasteiger partial charge in [0.05, 0.1) is 6.07 Å². The lowest BCUT2D eigenvalue weighted by atomic mass is 10.0. The summed E-state index contributed by atoms with van der Waals surface area (Å²) < 4.78 is 1.79. The highest BCUT2D eigenvalue weighted by atomic mass is 35.5. The van der Waals surface area contributed by atoms with E-state index in [4.69, 9.17) is 16.9 Å². The second-order valence-corrected chi connectivity index (χ2v) is 6.18. The monoisotopic (exact) mass is 286 g/mol. The summed E-state index contributed by atoms with van der Waals surface area (Å²) in [6.45, 7) is 2.57. The first-order valence-corrected chi connectivity index (χ1v) is 7.09. The lowest BCUT2D eigenvalue weighted by molar-refractivity contribution is 0.419. The average Bonchev–Trinajstić information content (AvgIpc) is 3.16. The average molecular weight is 287 g/mol. The normalized spacial score (nSPS) is 16.1. The van der Waals surface area contributed by atoms with Crippen molar-refractivity contribution in [3.63, 3.8) is 0 Å². The molecule has 0 bridgehead atoms. The number of hydrogen-bond donors (Lipinski definition) is 0. The second kappa shape index (κ2) is 4.64. The number of nitriles is 1. The number of fused-ring (bicyclic) bond motifs is 1. The molecule has 1 saturated carbocycles. The number of benzene rings is 1. The van der Waals surface area contributed by atoms with E-state index in [9.17, 15) is 4.79 Å². The van der Waals surface area contributed by atoms with Crippen LogP contribution in [0.5, 0.6) is 0 Å². The molecule has 0 aliphatic heterocycles. The summed E-state index contributed by atoms with van der Waals surface area (Å²) in [6, 6.07) is 9.64. The molecule has 0 spiro atoms. The first-order chi connectivity index (χ1) is 9.54. The number of hydrogen-bond acceptors (Lipinski definition) is 2. The molecule has 0 saturated heterocycles. The van der Waals surface area contributed by atoms with Crippen LogP contribution >= 0.6 is 11.6 Å². The van der Waals surface area contributed by atoms with Crippen LogP contribution in [0.15, 0.2) is 29.1 Å². The molecule has 2 aromatic rings. The van der Waals surface area contributed by atoms with Gasteiger partial charge in [-0.3, -0.25) is 4.79 Å². The third kappa shape index (κ3) is 2.21. The first-order valence-electron chi connectivity index (χ1n) is 6.71. The van der Waals surface area contributed by atoms with Crippen molar-refractivity contribution < 1.29 is 0 Å². The van der Waals surface area contributed by atoms with Crippen molar-refractivity contribution in [2.75, 3.05) is 0 Å². The van der Waals surface area contributed by atoms with Gasteiger partial charge >= 0.3 is 0 Å². The van der Waals surface area contributed by atoms with E-state index in [0.29, 0.717) is 23.4 Å². The Bertz CT molecular complexity index is 781. The Morgan fingerprint density at radius 2 is 2.15 bits per heavy atom. The summed E-state index contributed by atoms with van der Waals surface area (Å²) in [4.78, 5) is 12.6. The predicted molar refractivity (Wildman–Crippen MR) is 79.9 cm³/mol. The van der Waals surface area contributed by atoms with Gasteiger partial charge < -0.3 is 4.57 Å². The fraction of sp³-hybridized carbons (Fsp3) is 0.375. The predicted octanol–water partition coefficient (Wildman–Crippen LogP) is 3.66. The number of halogens is 1. The van der Waals surface area contributed by atoms with E-state index in [1.54, 1.807) is 16.7 Å². The molecule has 1 aliphatic carbocycles. The Balaban J connectivity index is 2.12. The van der Waals surface area contributed by atoms with Crippen molar-refractivity contribution in [3.05, 3.63) is 45.3 Å². The van der Waals surface area contributed by atoms with Crippen molar-refractivity contribution in [1.82, 2.24) is 4.57 Å². The fourth-order valence-corrected chi connectivity index (χ4v) is 2.89. The van der Waals surface area contributed by atoms with E-state index in [-0.39, 0.29) is 11.0 Å². The van der Waals surface area contributed by atoms with E-state index in [0.717, 1.165) is 23.9 Å². The van der Waals surface area contributed by atoms with Gasteiger partial charge in [-0.25, -0.2) is 0 Å². The summed E-state index contributed by atoms with van der Waals surface area (Å²) in [6.07, 6.45) is 2.58. The van der Waals surface area contributed by atoms with Crippen molar-refractivity contribution in [2.24, 2.45) is 5.41 Å². The number of aryl methyl sites for hydroxylation is 1. The number of nitrogens with zero attached hydrogens (tertiary/aromatic N) is 2. The maximum atomic E-state index is 12.6. The van der Waals surface area contributed by atoms with Crippen LogP contribution in [0.3, 0.4) is 0 Å². The van der Waals surface area contributed by atoms with Crippen molar-refractivity contribution in [3.8, 4) is 6.07 Å². The van der Waals surface area contributed by atoms with Gasteiger partial charge in [-0.05, 0) is 43.4 Å². The Labute approximate surface area is 122 Å². The summed E-state index contributed by atoms with van der Waals surface area (Å²) >= 11 is 5.99. The van der Waals surface area contributed by atoms with Gasteiger partial charge in [0.2, 0.25) is 0 Å². The highest BCUT2D eigenvalue weighted by molar-refractivity contribution is 6.31. The van der Waals surface area contributed by atoms with E-state index in [2.05, 4.69) is 6.07 Å². The molecule has 1 aliphatic rings. The first kappa shape index (κ1) is 13.2. The van der Waals surface area contributed by atoms with Crippen LogP contribution in [-0.4, -0.2) is 4.57 Å². The molecule has 0 N–H and O–H groups in total. The zero-order valence-electron chi connectivity index (χ0n) is 11.3. The molecule has 4 heteroatoms. The summed E-state index contributed by atoms with van der Waals surface area (Å²) in [7, 11) is 0. The fourth-order valence-electron chi connectivity index (χ4n) is 2.72. The third-order valence-corrected chi connectivity index (χ3v) is 4.42. The van der Waals surface area contributed by atoms with Gasteiger partial charge in [-0.2, -0.15) is 5.26 Å². The maximum absolute atomic E-state index is 12.6. The van der Waals surface area contributed by atoms with Crippen LogP contribution in [0.25, 0.3) is 10.8 Å².